The zero-order chi connectivity index (χ0) is 10.1. The molecular weight excluding hydrogens is 240 g/mol. The van der Waals surface area contributed by atoms with Crippen molar-refractivity contribution in [1.82, 2.24) is 4.98 Å². The van der Waals surface area contributed by atoms with E-state index < -0.39 is 0 Å². The van der Waals surface area contributed by atoms with Gasteiger partial charge >= 0.3 is 0 Å². The van der Waals surface area contributed by atoms with Crippen molar-refractivity contribution in [2.75, 3.05) is 0 Å². The molecule has 3 heteroatoms. The number of aromatic nitrogens is 1. The minimum Gasteiger partial charge on any atom is -0.324 e. The average molecular weight is 255 g/mol. The molecule has 1 aromatic heterocycles. The fourth-order valence-electron chi connectivity index (χ4n) is 1.81. The Balaban J connectivity index is 2.19. The highest BCUT2D eigenvalue weighted by atomic mass is 79.9. The van der Waals surface area contributed by atoms with E-state index in [1.807, 2.05) is 12.3 Å². The van der Waals surface area contributed by atoms with Crippen LogP contribution in [0.2, 0.25) is 0 Å². The topological polar surface area (TPSA) is 38.9 Å². The maximum Gasteiger partial charge on any atom is 0.111 e. The second kappa shape index (κ2) is 3.99. The van der Waals surface area contributed by atoms with Crippen LogP contribution in [0.25, 0.3) is 0 Å². The predicted molar refractivity (Wildman–Crippen MR) is 60.9 cm³/mol. The summed E-state index contributed by atoms with van der Waals surface area (Å²) in [5, 5.41) is 0. The lowest BCUT2D eigenvalue weighted by molar-refractivity contribution is 0.590. The summed E-state index contributed by atoms with van der Waals surface area (Å²) < 4.78 is 0.908. The number of hydrogen-bond acceptors (Lipinski definition) is 2. The fourth-order valence-corrected chi connectivity index (χ4v) is 2.54. The maximum atomic E-state index is 6.17. The third-order valence-corrected chi connectivity index (χ3v) is 3.45. The minimum absolute atomic E-state index is 0.144. The van der Waals surface area contributed by atoms with E-state index in [0.29, 0.717) is 0 Å². The third-order valence-electron chi connectivity index (χ3n) is 2.81. The summed E-state index contributed by atoms with van der Waals surface area (Å²) in [6.07, 6.45) is 5.62. The van der Waals surface area contributed by atoms with Crippen molar-refractivity contribution >= 4 is 15.9 Å². The number of rotatable bonds is 3. The average Bonchev–Trinajstić information content (AvgIpc) is 2.87. The molecule has 2 rings (SSSR count). The van der Waals surface area contributed by atoms with Gasteiger partial charge in [-0.25, -0.2) is 4.98 Å². The zero-order valence-corrected chi connectivity index (χ0v) is 9.92. The monoisotopic (exact) mass is 254 g/mol. The first-order chi connectivity index (χ1) is 6.68. The van der Waals surface area contributed by atoms with Crippen LogP contribution in [0, 0.1) is 12.8 Å². The zero-order valence-electron chi connectivity index (χ0n) is 8.33. The van der Waals surface area contributed by atoms with Gasteiger partial charge in [-0.15, -0.1) is 0 Å². The van der Waals surface area contributed by atoms with E-state index in [-0.39, 0.29) is 6.04 Å². The second-order valence-electron chi connectivity index (χ2n) is 4.12. The molecule has 0 aromatic carbocycles. The van der Waals surface area contributed by atoms with Crippen LogP contribution in [0.15, 0.2) is 16.9 Å². The molecule has 2 nitrogen and oxygen atoms in total. The summed E-state index contributed by atoms with van der Waals surface area (Å²) in [5.41, 5.74) is 8.58. The van der Waals surface area contributed by atoms with Crippen LogP contribution >= 0.6 is 15.9 Å². The van der Waals surface area contributed by atoms with Crippen molar-refractivity contribution in [2.45, 2.75) is 32.2 Å². The van der Waals surface area contributed by atoms with Gasteiger partial charge in [-0.2, -0.15) is 0 Å². The molecule has 1 fully saturated rings. The number of halogens is 1. The van der Waals surface area contributed by atoms with E-state index in [9.17, 15) is 0 Å². The Labute approximate surface area is 93.0 Å². The second-order valence-corrected chi connectivity index (χ2v) is 4.87. The molecule has 0 spiro atoms. The SMILES string of the molecule is Cc1ccnc(Br)c1C(N)CC1CC1. The van der Waals surface area contributed by atoms with Crippen LogP contribution in [-0.4, -0.2) is 4.98 Å². The molecule has 1 saturated carbocycles. The van der Waals surface area contributed by atoms with Crippen LogP contribution in [0.4, 0.5) is 0 Å². The first-order valence-electron chi connectivity index (χ1n) is 5.05. The molecule has 0 radical (unpaired) electrons. The van der Waals surface area contributed by atoms with Gasteiger partial charge in [0.05, 0.1) is 0 Å². The summed E-state index contributed by atoms with van der Waals surface area (Å²) in [5.74, 6) is 0.858. The van der Waals surface area contributed by atoms with E-state index in [4.69, 9.17) is 5.73 Å². The predicted octanol–water partition coefficient (Wildman–Crippen LogP) is 2.95. The summed E-state index contributed by atoms with van der Waals surface area (Å²) in [6.45, 7) is 2.09. The van der Waals surface area contributed by atoms with Gasteiger partial charge in [0, 0.05) is 17.8 Å². The highest BCUT2D eigenvalue weighted by Crippen LogP contribution is 2.38. The van der Waals surface area contributed by atoms with Gasteiger partial charge in [-0.1, -0.05) is 12.8 Å². The van der Waals surface area contributed by atoms with Gasteiger partial charge in [-0.05, 0) is 46.8 Å². The minimum atomic E-state index is 0.144. The molecule has 0 aliphatic heterocycles. The molecule has 76 valence electrons. The van der Waals surface area contributed by atoms with Gasteiger partial charge in [0.2, 0.25) is 0 Å². The standard InChI is InChI=1S/C11H15BrN2/c1-7-4-5-14-11(12)10(7)9(13)6-8-2-3-8/h4-5,8-9H,2-3,6,13H2,1H3. The lowest BCUT2D eigenvalue weighted by atomic mass is 10.00. The number of nitrogens with zero attached hydrogens (tertiary/aromatic N) is 1. The number of pyridine rings is 1. The molecule has 1 aromatic rings. The van der Waals surface area contributed by atoms with Gasteiger partial charge in [0.25, 0.3) is 0 Å². The Kier molecular flexibility index (Phi) is 2.88. The normalized spacial score (nSPS) is 18.2. The highest BCUT2D eigenvalue weighted by molar-refractivity contribution is 9.10. The van der Waals surface area contributed by atoms with E-state index in [1.54, 1.807) is 0 Å². The lowest BCUT2D eigenvalue weighted by Crippen LogP contribution is -2.13. The Morgan fingerprint density at radius 3 is 2.93 bits per heavy atom. The first kappa shape index (κ1) is 10.1. The van der Waals surface area contributed by atoms with Crippen molar-refractivity contribution in [2.24, 2.45) is 11.7 Å². The quantitative estimate of drug-likeness (QED) is 0.843. The molecule has 0 amide bonds. The molecule has 1 aliphatic carbocycles. The van der Waals surface area contributed by atoms with Gasteiger partial charge in [-0.3, -0.25) is 0 Å². The molecule has 1 heterocycles. The largest absolute Gasteiger partial charge is 0.324 e. The number of aryl methyl sites for hydroxylation is 1. The van der Waals surface area contributed by atoms with E-state index >= 15 is 0 Å². The van der Waals surface area contributed by atoms with Crippen LogP contribution in [0.1, 0.15) is 36.4 Å². The third kappa shape index (κ3) is 2.15. The summed E-state index contributed by atoms with van der Waals surface area (Å²) in [7, 11) is 0. The van der Waals surface area contributed by atoms with E-state index in [2.05, 4.69) is 27.8 Å². The van der Waals surface area contributed by atoms with Crippen LogP contribution in [0.3, 0.4) is 0 Å². The molecule has 1 atom stereocenters. The molecular formula is C11H15BrN2. The van der Waals surface area contributed by atoms with Gasteiger partial charge in [0.15, 0.2) is 0 Å². The van der Waals surface area contributed by atoms with Crippen LogP contribution in [-0.2, 0) is 0 Å². The molecule has 0 bridgehead atoms. The Hall–Kier alpha value is -0.410. The fraction of sp³-hybridized carbons (Fsp3) is 0.545. The maximum absolute atomic E-state index is 6.17. The Morgan fingerprint density at radius 1 is 1.64 bits per heavy atom. The van der Waals surface area contributed by atoms with Crippen LogP contribution < -0.4 is 5.73 Å². The molecule has 2 N–H and O–H groups in total. The van der Waals surface area contributed by atoms with Crippen molar-refractivity contribution in [3.8, 4) is 0 Å². The van der Waals surface area contributed by atoms with E-state index in [0.717, 1.165) is 16.9 Å². The van der Waals surface area contributed by atoms with E-state index in [1.165, 1.54) is 24.0 Å². The van der Waals surface area contributed by atoms with Crippen molar-refractivity contribution in [3.63, 3.8) is 0 Å². The van der Waals surface area contributed by atoms with Crippen molar-refractivity contribution < 1.29 is 0 Å². The van der Waals surface area contributed by atoms with Gasteiger partial charge < -0.3 is 5.73 Å². The molecule has 1 unspecified atom stereocenters. The summed E-state index contributed by atoms with van der Waals surface area (Å²) >= 11 is 3.47. The summed E-state index contributed by atoms with van der Waals surface area (Å²) in [4.78, 5) is 4.23. The van der Waals surface area contributed by atoms with Crippen LogP contribution in [0.5, 0.6) is 0 Å². The number of hydrogen-bond donors (Lipinski definition) is 1. The first-order valence-corrected chi connectivity index (χ1v) is 5.84. The smallest absolute Gasteiger partial charge is 0.111 e. The molecule has 0 saturated heterocycles. The van der Waals surface area contributed by atoms with Crippen molar-refractivity contribution in [1.29, 1.82) is 0 Å². The summed E-state index contributed by atoms with van der Waals surface area (Å²) in [6, 6.07) is 2.16. The molecule has 1 aliphatic rings. The molecule has 14 heavy (non-hydrogen) atoms. The van der Waals surface area contributed by atoms with Crippen molar-refractivity contribution in [3.05, 3.63) is 28.0 Å². The van der Waals surface area contributed by atoms with Gasteiger partial charge in [0.1, 0.15) is 4.60 Å². The lowest BCUT2D eigenvalue weighted by Gasteiger charge is -2.15. The number of nitrogens with two attached hydrogens (primary N) is 1. The Bertz CT molecular complexity index is 314. The highest BCUT2D eigenvalue weighted by Gasteiger charge is 2.26. The Morgan fingerprint density at radius 2 is 2.36 bits per heavy atom.